The van der Waals surface area contributed by atoms with Gasteiger partial charge in [0.05, 0.1) is 0 Å². The van der Waals surface area contributed by atoms with E-state index in [0.29, 0.717) is 24.4 Å². The molecule has 0 fully saturated rings. The summed E-state index contributed by atoms with van der Waals surface area (Å²) in [7, 11) is 0. The van der Waals surface area contributed by atoms with E-state index in [1.165, 1.54) is 244 Å². The van der Waals surface area contributed by atoms with Gasteiger partial charge in [0.15, 0.2) is 0 Å². The molecule has 0 rings (SSSR count). The number of ketones is 2. The Morgan fingerprint density at radius 2 is 0.436 bits per heavy atom. The molecule has 0 aliphatic heterocycles. The van der Waals surface area contributed by atoms with Crippen LogP contribution in [0.4, 0.5) is 0 Å². The lowest BCUT2D eigenvalue weighted by Crippen LogP contribution is -2.30. The second kappa shape index (κ2) is 47.7. The van der Waals surface area contributed by atoms with Gasteiger partial charge in [-0.05, 0) is 25.8 Å². The maximum Gasteiger partial charge on any atom is 0.134 e. The Labute approximate surface area is 347 Å². The first-order valence-corrected chi connectivity index (χ1v) is 25.9. The minimum atomic E-state index is 0.434. The van der Waals surface area contributed by atoms with Crippen molar-refractivity contribution < 1.29 is 9.59 Å². The number of nitrogens with zero attached hydrogens (tertiary/aromatic N) is 1. The van der Waals surface area contributed by atoms with Gasteiger partial charge in [-0.25, -0.2) is 0 Å². The van der Waals surface area contributed by atoms with Crippen molar-refractivity contribution >= 4 is 11.6 Å². The summed E-state index contributed by atoms with van der Waals surface area (Å²) in [5.41, 5.74) is 0. The molecular formula is C52H103NO2. The predicted molar refractivity (Wildman–Crippen MR) is 247 cm³/mol. The molecule has 0 unspecified atom stereocenters. The van der Waals surface area contributed by atoms with Crippen LogP contribution in [0.3, 0.4) is 0 Å². The van der Waals surface area contributed by atoms with Crippen LogP contribution in [0, 0.1) is 0 Å². The van der Waals surface area contributed by atoms with Gasteiger partial charge in [0.25, 0.3) is 0 Å². The van der Waals surface area contributed by atoms with Crippen molar-refractivity contribution in [2.75, 3.05) is 19.6 Å². The smallest absolute Gasteiger partial charge is 0.134 e. The van der Waals surface area contributed by atoms with Gasteiger partial charge >= 0.3 is 0 Å². The van der Waals surface area contributed by atoms with Crippen LogP contribution in [-0.2, 0) is 9.59 Å². The molecule has 3 heteroatoms. The van der Waals surface area contributed by atoms with Crippen LogP contribution < -0.4 is 0 Å². The SMILES string of the molecule is CCCCCCCCCCCCCCCCCCCC(=O)CCN(CCCCCCCC)CCC(=O)CCCCCCCCCCCCCCCCCCC. The third-order valence-electron chi connectivity index (χ3n) is 12.4. The second-order valence-corrected chi connectivity index (χ2v) is 18.0. The first-order valence-electron chi connectivity index (χ1n) is 25.9. The molecule has 0 N–H and O–H groups in total. The van der Waals surface area contributed by atoms with Gasteiger partial charge in [0.2, 0.25) is 0 Å². The fourth-order valence-corrected chi connectivity index (χ4v) is 8.36. The van der Waals surface area contributed by atoms with Crippen LogP contribution >= 0.6 is 0 Å². The molecule has 0 radical (unpaired) electrons. The summed E-state index contributed by atoms with van der Waals surface area (Å²) in [6, 6.07) is 0. The third kappa shape index (κ3) is 45.9. The minimum absolute atomic E-state index is 0.434. The average molecular weight is 774 g/mol. The van der Waals surface area contributed by atoms with Crippen LogP contribution in [0.15, 0.2) is 0 Å². The molecule has 55 heavy (non-hydrogen) atoms. The molecule has 0 heterocycles. The number of carbonyl (C=O) groups is 2. The summed E-state index contributed by atoms with van der Waals surface area (Å²) in [4.78, 5) is 28.0. The van der Waals surface area contributed by atoms with Crippen molar-refractivity contribution in [1.29, 1.82) is 0 Å². The summed E-state index contributed by atoms with van der Waals surface area (Å²) in [5, 5.41) is 0. The molecule has 0 aliphatic rings. The molecular weight excluding hydrogens is 671 g/mol. The predicted octanol–water partition coefficient (Wildman–Crippen LogP) is 17.7. The zero-order valence-corrected chi connectivity index (χ0v) is 38.5. The van der Waals surface area contributed by atoms with E-state index in [2.05, 4.69) is 25.7 Å². The molecule has 3 nitrogen and oxygen atoms in total. The summed E-state index contributed by atoms with van der Waals surface area (Å²) in [6.45, 7) is 9.61. The Hall–Kier alpha value is -0.700. The van der Waals surface area contributed by atoms with Crippen molar-refractivity contribution in [3.05, 3.63) is 0 Å². The largest absolute Gasteiger partial charge is 0.302 e. The zero-order valence-electron chi connectivity index (χ0n) is 38.5. The Morgan fingerprint density at radius 1 is 0.236 bits per heavy atom. The Bertz CT molecular complexity index is 696. The standard InChI is InChI=1S/C52H103NO2/c1-4-7-10-13-16-18-20-22-24-26-28-30-32-34-36-38-41-44-51(54)46-49-53(48-43-40-15-12-9-6-3)50-47-52(55)45-42-39-37-35-33-31-29-27-25-23-21-19-17-14-11-8-5-2/h4-50H2,1-3H3. The van der Waals surface area contributed by atoms with Crippen molar-refractivity contribution in [2.24, 2.45) is 0 Å². The van der Waals surface area contributed by atoms with Crippen LogP contribution in [0.1, 0.15) is 303 Å². The first kappa shape index (κ1) is 54.3. The van der Waals surface area contributed by atoms with E-state index in [-0.39, 0.29) is 0 Å². The molecule has 0 aliphatic carbocycles. The molecule has 0 bridgehead atoms. The highest BCUT2D eigenvalue weighted by Crippen LogP contribution is 2.17. The Morgan fingerprint density at radius 3 is 0.673 bits per heavy atom. The molecule has 0 atom stereocenters. The summed E-state index contributed by atoms with van der Waals surface area (Å²) < 4.78 is 0. The molecule has 0 aromatic carbocycles. The van der Waals surface area contributed by atoms with E-state index in [9.17, 15) is 9.59 Å². The lowest BCUT2D eigenvalue weighted by atomic mass is 10.0. The van der Waals surface area contributed by atoms with E-state index in [1.54, 1.807) is 0 Å². The molecule has 0 amide bonds. The minimum Gasteiger partial charge on any atom is -0.302 e. The highest BCUT2D eigenvalue weighted by Gasteiger charge is 2.11. The van der Waals surface area contributed by atoms with Crippen LogP contribution in [0.5, 0.6) is 0 Å². The normalized spacial score (nSPS) is 11.6. The molecule has 0 saturated heterocycles. The maximum absolute atomic E-state index is 12.8. The van der Waals surface area contributed by atoms with Crippen LogP contribution in [0.2, 0.25) is 0 Å². The van der Waals surface area contributed by atoms with Crippen LogP contribution in [-0.4, -0.2) is 36.1 Å². The monoisotopic (exact) mass is 774 g/mol. The van der Waals surface area contributed by atoms with Crippen molar-refractivity contribution in [1.82, 2.24) is 4.90 Å². The van der Waals surface area contributed by atoms with Gasteiger partial charge in [-0.1, -0.05) is 258 Å². The Kier molecular flexibility index (Phi) is 47.1. The molecule has 0 spiro atoms. The van der Waals surface area contributed by atoms with Gasteiger partial charge in [-0.2, -0.15) is 0 Å². The van der Waals surface area contributed by atoms with Crippen LogP contribution in [0.25, 0.3) is 0 Å². The fraction of sp³-hybridized carbons (Fsp3) is 0.962. The van der Waals surface area contributed by atoms with E-state index in [4.69, 9.17) is 0 Å². The highest BCUT2D eigenvalue weighted by molar-refractivity contribution is 5.79. The number of hydrogen-bond acceptors (Lipinski definition) is 3. The zero-order chi connectivity index (χ0) is 40.0. The topological polar surface area (TPSA) is 37.4 Å². The first-order chi connectivity index (χ1) is 27.1. The van der Waals surface area contributed by atoms with Crippen molar-refractivity contribution in [3.8, 4) is 0 Å². The van der Waals surface area contributed by atoms with Gasteiger partial charge in [-0.3, -0.25) is 9.59 Å². The number of Topliss-reactive ketones (excluding diaryl/α,β-unsaturated/α-hetero) is 2. The quantitative estimate of drug-likeness (QED) is 0.0578. The van der Waals surface area contributed by atoms with Gasteiger partial charge in [-0.15, -0.1) is 0 Å². The molecule has 0 saturated carbocycles. The lowest BCUT2D eigenvalue weighted by Gasteiger charge is -2.22. The number of rotatable bonds is 49. The number of carbonyl (C=O) groups excluding carboxylic acids is 2. The Balaban J connectivity index is 3.89. The highest BCUT2D eigenvalue weighted by atomic mass is 16.1. The van der Waals surface area contributed by atoms with Gasteiger partial charge in [0, 0.05) is 38.8 Å². The average Bonchev–Trinajstić information content (AvgIpc) is 3.19. The summed E-state index contributed by atoms with van der Waals surface area (Å²) >= 11 is 0. The molecule has 0 aromatic heterocycles. The number of hydrogen-bond donors (Lipinski definition) is 0. The summed E-state index contributed by atoms with van der Waals surface area (Å²) in [5.74, 6) is 0.868. The second-order valence-electron chi connectivity index (χ2n) is 18.0. The number of unbranched alkanes of at least 4 members (excludes halogenated alkanes) is 37. The molecule has 0 aromatic rings. The fourth-order valence-electron chi connectivity index (χ4n) is 8.36. The van der Waals surface area contributed by atoms with E-state index < -0.39 is 0 Å². The van der Waals surface area contributed by atoms with E-state index in [1.807, 2.05) is 0 Å². The van der Waals surface area contributed by atoms with E-state index in [0.717, 1.165) is 45.3 Å². The van der Waals surface area contributed by atoms with Gasteiger partial charge in [0.1, 0.15) is 11.6 Å². The maximum atomic E-state index is 12.8. The van der Waals surface area contributed by atoms with Crippen molar-refractivity contribution in [3.63, 3.8) is 0 Å². The van der Waals surface area contributed by atoms with E-state index >= 15 is 0 Å². The molecule has 328 valence electrons. The third-order valence-corrected chi connectivity index (χ3v) is 12.4. The van der Waals surface area contributed by atoms with Crippen molar-refractivity contribution in [2.45, 2.75) is 303 Å². The summed E-state index contributed by atoms with van der Waals surface area (Å²) in [6.07, 6.45) is 57.3. The van der Waals surface area contributed by atoms with Gasteiger partial charge < -0.3 is 4.90 Å². The lowest BCUT2D eigenvalue weighted by molar-refractivity contribution is -0.119.